The van der Waals surface area contributed by atoms with Crippen molar-refractivity contribution in [3.8, 4) is 34.1 Å². The standard InChI is InChI=1S/C24H24N4O4/c1-4-16-6-8-17(9-7-16)19-11-13-23(29)28(26-19)15-22-25-24(27-32-22)18-10-12-20(31-5-2)21(14-18)30-3/h6-14H,4-5,15H2,1-3H3. The van der Waals surface area contributed by atoms with Gasteiger partial charge in [0.25, 0.3) is 5.56 Å². The van der Waals surface area contributed by atoms with Gasteiger partial charge in [0.05, 0.1) is 19.4 Å². The number of hydrogen-bond donors (Lipinski definition) is 0. The van der Waals surface area contributed by atoms with Gasteiger partial charge in [-0.25, -0.2) is 4.68 Å². The second-order valence-corrected chi connectivity index (χ2v) is 7.08. The van der Waals surface area contributed by atoms with Crippen LogP contribution in [0.5, 0.6) is 11.5 Å². The minimum atomic E-state index is -0.249. The van der Waals surface area contributed by atoms with Crippen molar-refractivity contribution >= 4 is 0 Å². The number of aromatic nitrogens is 4. The zero-order valence-electron chi connectivity index (χ0n) is 18.2. The molecule has 0 saturated heterocycles. The number of ether oxygens (including phenoxy) is 2. The molecule has 0 N–H and O–H groups in total. The van der Waals surface area contributed by atoms with Crippen molar-refractivity contribution in [3.63, 3.8) is 0 Å². The van der Waals surface area contributed by atoms with Crippen LogP contribution in [0.4, 0.5) is 0 Å². The first kappa shape index (κ1) is 21.3. The van der Waals surface area contributed by atoms with Crippen LogP contribution in [-0.4, -0.2) is 33.6 Å². The predicted molar refractivity (Wildman–Crippen MR) is 120 cm³/mol. The molecule has 4 aromatic rings. The minimum Gasteiger partial charge on any atom is -0.493 e. The van der Waals surface area contributed by atoms with Crippen molar-refractivity contribution in [1.82, 2.24) is 19.9 Å². The Labute approximate surface area is 185 Å². The first-order valence-electron chi connectivity index (χ1n) is 10.4. The highest BCUT2D eigenvalue weighted by molar-refractivity contribution is 5.61. The smallest absolute Gasteiger partial charge is 0.267 e. The van der Waals surface area contributed by atoms with E-state index in [1.54, 1.807) is 25.3 Å². The molecular formula is C24H24N4O4. The lowest BCUT2D eigenvalue weighted by atomic mass is 10.1. The summed E-state index contributed by atoms with van der Waals surface area (Å²) in [6, 6.07) is 16.7. The summed E-state index contributed by atoms with van der Waals surface area (Å²) in [6.45, 7) is 4.62. The van der Waals surface area contributed by atoms with Crippen molar-refractivity contribution in [2.75, 3.05) is 13.7 Å². The Bertz CT molecular complexity index is 1260. The molecule has 0 saturated carbocycles. The molecule has 0 spiro atoms. The van der Waals surface area contributed by atoms with Gasteiger partial charge in [-0.15, -0.1) is 0 Å². The molecule has 8 heteroatoms. The van der Waals surface area contributed by atoms with E-state index in [-0.39, 0.29) is 18.0 Å². The van der Waals surface area contributed by atoms with Crippen LogP contribution in [0.3, 0.4) is 0 Å². The SMILES string of the molecule is CCOc1ccc(-c2noc(Cn3nc(-c4ccc(CC)cc4)ccc3=O)n2)cc1OC. The fourth-order valence-corrected chi connectivity index (χ4v) is 3.27. The molecule has 0 aliphatic rings. The van der Waals surface area contributed by atoms with Crippen LogP contribution in [0.25, 0.3) is 22.6 Å². The summed E-state index contributed by atoms with van der Waals surface area (Å²) >= 11 is 0. The van der Waals surface area contributed by atoms with E-state index in [4.69, 9.17) is 14.0 Å². The topological polar surface area (TPSA) is 92.3 Å². The number of nitrogens with zero attached hydrogens (tertiary/aromatic N) is 4. The lowest BCUT2D eigenvalue weighted by Gasteiger charge is -2.09. The quantitative estimate of drug-likeness (QED) is 0.416. The Morgan fingerprint density at radius 1 is 0.969 bits per heavy atom. The molecule has 0 bridgehead atoms. The van der Waals surface area contributed by atoms with Crippen LogP contribution < -0.4 is 15.0 Å². The Kier molecular flexibility index (Phi) is 6.30. The molecule has 0 aliphatic carbocycles. The molecule has 4 rings (SSSR count). The summed E-state index contributed by atoms with van der Waals surface area (Å²) < 4.78 is 17.6. The van der Waals surface area contributed by atoms with Crippen LogP contribution in [0.1, 0.15) is 25.3 Å². The van der Waals surface area contributed by atoms with E-state index in [9.17, 15) is 4.79 Å². The second kappa shape index (κ2) is 9.47. The van der Waals surface area contributed by atoms with Crippen LogP contribution in [0.15, 0.2) is 63.9 Å². The van der Waals surface area contributed by atoms with Crippen molar-refractivity contribution in [2.45, 2.75) is 26.8 Å². The highest BCUT2D eigenvalue weighted by Crippen LogP contribution is 2.31. The van der Waals surface area contributed by atoms with Crippen molar-refractivity contribution in [1.29, 1.82) is 0 Å². The highest BCUT2D eigenvalue weighted by atomic mass is 16.5. The van der Waals surface area contributed by atoms with E-state index in [1.807, 2.05) is 25.1 Å². The summed E-state index contributed by atoms with van der Waals surface area (Å²) in [5, 5.41) is 8.51. The Hall–Kier alpha value is -3.94. The van der Waals surface area contributed by atoms with Gasteiger partial charge in [0.1, 0.15) is 6.54 Å². The summed E-state index contributed by atoms with van der Waals surface area (Å²) in [5.41, 5.74) is 3.34. The third-order valence-electron chi connectivity index (χ3n) is 5.00. The molecule has 0 aliphatic heterocycles. The summed E-state index contributed by atoms with van der Waals surface area (Å²) in [6.07, 6.45) is 0.965. The molecular weight excluding hydrogens is 408 g/mol. The molecule has 2 aromatic heterocycles. The number of aryl methyl sites for hydroxylation is 1. The summed E-state index contributed by atoms with van der Waals surface area (Å²) in [5.74, 6) is 1.89. The van der Waals surface area contributed by atoms with Crippen LogP contribution >= 0.6 is 0 Å². The van der Waals surface area contributed by atoms with Gasteiger partial charge in [0, 0.05) is 17.2 Å². The summed E-state index contributed by atoms with van der Waals surface area (Å²) in [4.78, 5) is 16.8. The van der Waals surface area contributed by atoms with Crippen molar-refractivity contribution in [2.24, 2.45) is 0 Å². The van der Waals surface area contributed by atoms with Crippen LogP contribution in [0.2, 0.25) is 0 Å². The lowest BCUT2D eigenvalue weighted by Crippen LogP contribution is -2.23. The number of hydrogen-bond acceptors (Lipinski definition) is 7. The van der Waals surface area contributed by atoms with E-state index in [0.29, 0.717) is 35.2 Å². The molecule has 0 amide bonds. The molecule has 0 radical (unpaired) electrons. The molecule has 0 fully saturated rings. The maximum absolute atomic E-state index is 12.3. The number of methoxy groups -OCH3 is 1. The van der Waals surface area contributed by atoms with Gasteiger partial charge in [-0.1, -0.05) is 36.3 Å². The summed E-state index contributed by atoms with van der Waals surface area (Å²) in [7, 11) is 1.57. The zero-order chi connectivity index (χ0) is 22.5. The molecule has 32 heavy (non-hydrogen) atoms. The normalized spacial score (nSPS) is 10.8. The van der Waals surface area contributed by atoms with E-state index in [2.05, 4.69) is 34.3 Å². The van der Waals surface area contributed by atoms with Crippen LogP contribution in [-0.2, 0) is 13.0 Å². The van der Waals surface area contributed by atoms with Gasteiger partial charge in [0.2, 0.25) is 11.7 Å². The van der Waals surface area contributed by atoms with Gasteiger partial charge in [0.15, 0.2) is 11.5 Å². The molecule has 8 nitrogen and oxygen atoms in total. The average molecular weight is 432 g/mol. The molecule has 2 heterocycles. The van der Waals surface area contributed by atoms with Crippen LogP contribution in [0, 0.1) is 0 Å². The van der Waals surface area contributed by atoms with Crippen molar-refractivity contribution in [3.05, 3.63) is 76.4 Å². The maximum atomic E-state index is 12.3. The Morgan fingerprint density at radius 3 is 2.47 bits per heavy atom. The van der Waals surface area contributed by atoms with Gasteiger partial charge >= 0.3 is 0 Å². The maximum Gasteiger partial charge on any atom is 0.267 e. The second-order valence-electron chi connectivity index (χ2n) is 7.08. The third-order valence-corrected chi connectivity index (χ3v) is 5.00. The Balaban J connectivity index is 1.57. The minimum absolute atomic E-state index is 0.0703. The average Bonchev–Trinajstić information content (AvgIpc) is 3.29. The molecule has 0 unspecified atom stereocenters. The predicted octanol–water partition coefficient (Wildman–Crippen LogP) is 3.98. The van der Waals surface area contributed by atoms with Gasteiger partial charge < -0.3 is 14.0 Å². The fraction of sp³-hybridized carbons (Fsp3) is 0.250. The lowest BCUT2D eigenvalue weighted by molar-refractivity contribution is 0.311. The third kappa shape index (κ3) is 4.54. The Morgan fingerprint density at radius 2 is 1.75 bits per heavy atom. The zero-order valence-corrected chi connectivity index (χ0v) is 18.2. The van der Waals surface area contributed by atoms with E-state index >= 15 is 0 Å². The highest BCUT2D eigenvalue weighted by Gasteiger charge is 2.14. The first-order chi connectivity index (χ1) is 15.6. The number of rotatable bonds is 8. The van der Waals surface area contributed by atoms with E-state index in [1.165, 1.54) is 16.3 Å². The first-order valence-corrected chi connectivity index (χ1v) is 10.4. The number of benzene rings is 2. The molecule has 164 valence electrons. The molecule has 0 atom stereocenters. The van der Waals surface area contributed by atoms with E-state index < -0.39 is 0 Å². The largest absolute Gasteiger partial charge is 0.493 e. The van der Waals surface area contributed by atoms with Gasteiger partial charge in [-0.2, -0.15) is 10.1 Å². The van der Waals surface area contributed by atoms with Crippen molar-refractivity contribution < 1.29 is 14.0 Å². The fourth-order valence-electron chi connectivity index (χ4n) is 3.27. The van der Waals surface area contributed by atoms with Gasteiger partial charge in [-0.05, 0) is 43.2 Å². The van der Waals surface area contributed by atoms with E-state index in [0.717, 1.165) is 12.0 Å². The molecule has 2 aromatic carbocycles. The van der Waals surface area contributed by atoms with Gasteiger partial charge in [-0.3, -0.25) is 4.79 Å². The monoisotopic (exact) mass is 432 g/mol.